The fourth-order valence-electron chi connectivity index (χ4n) is 1.84. The lowest BCUT2D eigenvalue weighted by Crippen LogP contribution is -2.04. The second-order valence-electron chi connectivity index (χ2n) is 4.30. The first-order valence-corrected chi connectivity index (χ1v) is 7.47. The van der Waals surface area contributed by atoms with Crippen LogP contribution in [-0.2, 0) is 6.42 Å². The molecule has 0 aliphatic heterocycles. The lowest BCUT2D eigenvalue weighted by atomic mass is 10.0. The Bertz CT molecular complexity index is 608. The number of hydrogen-bond acceptors (Lipinski definition) is 2. The van der Waals surface area contributed by atoms with Crippen LogP contribution in [0.5, 0.6) is 5.75 Å². The summed E-state index contributed by atoms with van der Waals surface area (Å²) in [7, 11) is 0. The van der Waals surface area contributed by atoms with Crippen molar-refractivity contribution in [1.29, 1.82) is 0 Å². The van der Waals surface area contributed by atoms with Crippen LogP contribution in [0.15, 0.2) is 46.9 Å². The zero-order chi connectivity index (χ0) is 14.5. The summed E-state index contributed by atoms with van der Waals surface area (Å²) in [5.41, 5.74) is 1.61. The van der Waals surface area contributed by atoms with Crippen LogP contribution >= 0.6 is 27.5 Å². The van der Waals surface area contributed by atoms with Crippen LogP contribution in [0.4, 0.5) is 0 Å². The number of carbonyl (C=O) groups excluding carboxylic acids is 1. The standard InChI is InChI=1S/C16H14BrClO2/c1-2-20-16-8-5-12(10-14(16)17)15(19)9-11-3-6-13(18)7-4-11/h3-8,10H,2,9H2,1H3. The second kappa shape index (κ2) is 6.91. The van der Waals surface area contributed by atoms with Gasteiger partial charge in [0.05, 0.1) is 11.1 Å². The van der Waals surface area contributed by atoms with Crippen molar-refractivity contribution in [1.82, 2.24) is 0 Å². The Morgan fingerprint density at radius 3 is 2.50 bits per heavy atom. The molecule has 0 amide bonds. The Morgan fingerprint density at radius 1 is 1.20 bits per heavy atom. The summed E-state index contributed by atoms with van der Waals surface area (Å²) < 4.78 is 6.22. The highest BCUT2D eigenvalue weighted by Gasteiger charge is 2.10. The Balaban J connectivity index is 2.13. The molecule has 4 heteroatoms. The predicted molar refractivity (Wildman–Crippen MR) is 84.8 cm³/mol. The fourth-order valence-corrected chi connectivity index (χ4v) is 2.46. The van der Waals surface area contributed by atoms with Crippen molar-refractivity contribution in [3.05, 3.63) is 63.1 Å². The first-order valence-electron chi connectivity index (χ1n) is 6.30. The van der Waals surface area contributed by atoms with E-state index in [1.54, 1.807) is 24.3 Å². The first-order chi connectivity index (χ1) is 9.60. The van der Waals surface area contributed by atoms with Crippen LogP contribution in [0.25, 0.3) is 0 Å². The SMILES string of the molecule is CCOc1ccc(C(=O)Cc2ccc(Cl)cc2)cc1Br. The van der Waals surface area contributed by atoms with Gasteiger partial charge >= 0.3 is 0 Å². The third-order valence-electron chi connectivity index (χ3n) is 2.83. The molecular formula is C16H14BrClO2. The molecule has 2 aromatic carbocycles. The number of halogens is 2. The maximum atomic E-state index is 12.2. The highest BCUT2D eigenvalue weighted by atomic mass is 79.9. The van der Waals surface area contributed by atoms with E-state index in [1.165, 1.54) is 0 Å². The minimum atomic E-state index is 0.0658. The highest BCUT2D eigenvalue weighted by Crippen LogP contribution is 2.26. The molecule has 2 aromatic rings. The number of ketones is 1. The largest absolute Gasteiger partial charge is 0.493 e. The van der Waals surface area contributed by atoms with Crippen molar-refractivity contribution in [2.45, 2.75) is 13.3 Å². The van der Waals surface area contributed by atoms with Crippen LogP contribution in [0.1, 0.15) is 22.8 Å². The Labute approximate surface area is 131 Å². The third kappa shape index (κ3) is 3.84. The van der Waals surface area contributed by atoms with Gasteiger partial charge in [0.2, 0.25) is 0 Å². The van der Waals surface area contributed by atoms with Gasteiger partial charge in [-0.1, -0.05) is 23.7 Å². The fraction of sp³-hybridized carbons (Fsp3) is 0.188. The van der Waals surface area contributed by atoms with Crippen molar-refractivity contribution < 1.29 is 9.53 Å². The first kappa shape index (κ1) is 15.1. The van der Waals surface area contributed by atoms with Crippen molar-refractivity contribution in [2.24, 2.45) is 0 Å². The summed E-state index contributed by atoms with van der Waals surface area (Å²) in [5, 5.41) is 0.671. The molecule has 0 spiro atoms. The summed E-state index contributed by atoms with van der Waals surface area (Å²) in [5.74, 6) is 0.812. The molecular weight excluding hydrogens is 340 g/mol. The topological polar surface area (TPSA) is 26.3 Å². The van der Waals surface area contributed by atoms with Crippen LogP contribution in [0.3, 0.4) is 0 Å². The van der Waals surface area contributed by atoms with Crippen molar-refractivity contribution >= 4 is 33.3 Å². The summed E-state index contributed by atoms with van der Waals surface area (Å²) in [6.07, 6.45) is 0.359. The van der Waals surface area contributed by atoms with Gasteiger partial charge in [-0.25, -0.2) is 0 Å². The monoisotopic (exact) mass is 352 g/mol. The van der Waals surface area contributed by atoms with Crippen LogP contribution in [-0.4, -0.2) is 12.4 Å². The molecule has 104 valence electrons. The molecule has 2 nitrogen and oxygen atoms in total. The summed E-state index contributed by atoms with van der Waals surface area (Å²) in [4.78, 5) is 12.2. The Kier molecular flexibility index (Phi) is 5.21. The molecule has 0 radical (unpaired) electrons. The maximum Gasteiger partial charge on any atom is 0.167 e. The molecule has 0 atom stereocenters. The predicted octanol–water partition coefficient (Wildman–Crippen LogP) is 4.93. The number of rotatable bonds is 5. The molecule has 0 saturated carbocycles. The third-order valence-corrected chi connectivity index (χ3v) is 3.70. The van der Waals surface area contributed by atoms with E-state index in [4.69, 9.17) is 16.3 Å². The van der Waals surface area contributed by atoms with Gasteiger partial charge in [0.25, 0.3) is 0 Å². The van der Waals surface area contributed by atoms with E-state index in [0.29, 0.717) is 23.6 Å². The van der Waals surface area contributed by atoms with E-state index in [1.807, 2.05) is 25.1 Å². The summed E-state index contributed by atoms with van der Waals surface area (Å²) in [6.45, 7) is 2.52. The molecule has 0 fully saturated rings. The molecule has 0 N–H and O–H groups in total. The lowest BCUT2D eigenvalue weighted by Gasteiger charge is -2.07. The van der Waals surface area contributed by atoms with Crippen molar-refractivity contribution in [2.75, 3.05) is 6.61 Å². The van der Waals surface area contributed by atoms with E-state index >= 15 is 0 Å². The summed E-state index contributed by atoms with van der Waals surface area (Å²) >= 11 is 9.24. The number of carbonyl (C=O) groups is 1. The van der Waals surface area contributed by atoms with Gasteiger partial charge in [0, 0.05) is 17.0 Å². The molecule has 0 unspecified atom stereocenters. The number of Topliss-reactive ketones (excluding diaryl/α,β-unsaturated/α-hetero) is 1. The van der Waals surface area contributed by atoms with Crippen molar-refractivity contribution in [3.63, 3.8) is 0 Å². The van der Waals surface area contributed by atoms with Gasteiger partial charge < -0.3 is 4.74 Å². The lowest BCUT2D eigenvalue weighted by molar-refractivity contribution is 0.0993. The highest BCUT2D eigenvalue weighted by molar-refractivity contribution is 9.10. The van der Waals surface area contributed by atoms with Crippen LogP contribution < -0.4 is 4.74 Å². The van der Waals surface area contributed by atoms with Crippen LogP contribution in [0, 0.1) is 0 Å². The van der Waals surface area contributed by atoms with E-state index in [0.717, 1.165) is 15.8 Å². The molecule has 0 bridgehead atoms. The normalized spacial score (nSPS) is 10.3. The van der Waals surface area contributed by atoms with Crippen molar-refractivity contribution in [3.8, 4) is 5.75 Å². The van der Waals surface area contributed by atoms with Gasteiger partial charge in [-0.05, 0) is 58.7 Å². The van der Waals surface area contributed by atoms with E-state index in [-0.39, 0.29) is 5.78 Å². The minimum Gasteiger partial charge on any atom is -0.493 e. The molecule has 2 rings (SSSR count). The molecule has 0 aromatic heterocycles. The van der Waals surface area contributed by atoms with E-state index < -0.39 is 0 Å². The zero-order valence-electron chi connectivity index (χ0n) is 11.0. The van der Waals surface area contributed by atoms with Gasteiger partial charge in [-0.3, -0.25) is 4.79 Å². The van der Waals surface area contributed by atoms with Crippen LogP contribution in [0.2, 0.25) is 5.02 Å². The summed E-state index contributed by atoms with van der Waals surface area (Å²) in [6, 6.07) is 12.7. The molecule has 0 aliphatic rings. The smallest absolute Gasteiger partial charge is 0.167 e. The molecule has 0 saturated heterocycles. The van der Waals surface area contributed by atoms with Gasteiger partial charge in [-0.15, -0.1) is 0 Å². The van der Waals surface area contributed by atoms with E-state index in [2.05, 4.69) is 15.9 Å². The average Bonchev–Trinajstić information content (AvgIpc) is 2.44. The zero-order valence-corrected chi connectivity index (χ0v) is 13.4. The second-order valence-corrected chi connectivity index (χ2v) is 5.60. The molecule has 20 heavy (non-hydrogen) atoms. The quantitative estimate of drug-likeness (QED) is 0.713. The Hall–Kier alpha value is -1.32. The van der Waals surface area contributed by atoms with E-state index in [9.17, 15) is 4.79 Å². The Morgan fingerprint density at radius 2 is 1.90 bits per heavy atom. The molecule has 0 heterocycles. The van der Waals surface area contributed by atoms with Gasteiger partial charge in [0.15, 0.2) is 5.78 Å². The number of ether oxygens (including phenoxy) is 1. The van der Waals surface area contributed by atoms with Gasteiger partial charge in [0.1, 0.15) is 5.75 Å². The minimum absolute atomic E-state index is 0.0658. The number of hydrogen-bond donors (Lipinski definition) is 0. The average molecular weight is 354 g/mol. The van der Waals surface area contributed by atoms with Gasteiger partial charge in [-0.2, -0.15) is 0 Å². The number of benzene rings is 2. The maximum absolute atomic E-state index is 12.2. The molecule has 0 aliphatic carbocycles.